The van der Waals surface area contributed by atoms with Gasteiger partial charge in [0.2, 0.25) is 5.91 Å². The summed E-state index contributed by atoms with van der Waals surface area (Å²) >= 11 is 0. The predicted molar refractivity (Wildman–Crippen MR) is 160 cm³/mol. The third-order valence-electron chi connectivity index (χ3n) is 6.38. The van der Waals surface area contributed by atoms with Crippen LogP contribution in [0.5, 0.6) is 0 Å². The monoisotopic (exact) mass is 541 g/mol. The summed E-state index contributed by atoms with van der Waals surface area (Å²) in [6, 6.07) is 18.7. The van der Waals surface area contributed by atoms with Crippen molar-refractivity contribution in [3.63, 3.8) is 0 Å². The van der Waals surface area contributed by atoms with Gasteiger partial charge in [-0.05, 0) is 68.7 Å². The Morgan fingerprint density at radius 1 is 0.975 bits per heavy atom. The fourth-order valence-electron chi connectivity index (χ4n) is 4.49. The maximum absolute atomic E-state index is 14.0. The van der Waals surface area contributed by atoms with Crippen LogP contribution >= 0.6 is 0 Å². The summed E-state index contributed by atoms with van der Waals surface area (Å²) in [6.45, 7) is 9.21. The van der Waals surface area contributed by atoms with Gasteiger partial charge in [-0.2, -0.15) is 0 Å². The van der Waals surface area contributed by atoms with Gasteiger partial charge in [-0.15, -0.1) is 6.42 Å². The summed E-state index contributed by atoms with van der Waals surface area (Å²) in [5.74, 6) is 1.85. The molecule has 0 aliphatic rings. The van der Waals surface area contributed by atoms with Crippen LogP contribution < -0.4 is 10.6 Å². The number of rotatable bonds is 10. The largest absolute Gasteiger partial charge is 0.444 e. The second-order valence-corrected chi connectivity index (χ2v) is 10.8. The lowest BCUT2D eigenvalue weighted by Crippen LogP contribution is -2.51. The Labute approximate surface area is 237 Å². The van der Waals surface area contributed by atoms with Crippen LogP contribution in [0, 0.1) is 12.3 Å². The number of benzene rings is 3. The van der Waals surface area contributed by atoms with Crippen molar-refractivity contribution in [3.8, 4) is 12.3 Å². The molecule has 0 heterocycles. The highest BCUT2D eigenvalue weighted by Crippen LogP contribution is 2.28. The minimum Gasteiger partial charge on any atom is -0.444 e. The Morgan fingerprint density at radius 2 is 1.65 bits per heavy atom. The molecule has 0 spiro atoms. The Morgan fingerprint density at radius 3 is 2.33 bits per heavy atom. The van der Waals surface area contributed by atoms with Crippen LogP contribution in [0.1, 0.15) is 71.0 Å². The number of hydrogen-bond donors (Lipinski definition) is 2. The van der Waals surface area contributed by atoms with E-state index >= 15 is 0 Å². The number of nitrogens with one attached hydrogen (secondary N) is 2. The molecule has 2 N–H and O–H groups in total. The number of carbonyl (C=O) groups is 3. The molecule has 0 aliphatic carbocycles. The topological polar surface area (TPSA) is 87.7 Å². The Kier molecular flexibility index (Phi) is 10.3. The maximum atomic E-state index is 14.0. The van der Waals surface area contributed by atoms with E-state index in [1.165, 1.54) is 4.90 Å². The molecule has 0 saturated heterocycles. The number of alkyl carbamates (subject to hydrolysis) is 1. The van der Waals surface area contributed by atoms with Crippen LogP contribution in [-0.2, 0) is 14.3 Å². The van der Waals surface area contributed by atoms with Crippen molar-refractivity contribution in [1.82, 2.24) is 10.2 Å². The van der Waals surface area contributed by atoms with Gasteiger partial charge in [0, 0.05) is 17.8 Å². The molecule has 2 atom stereocenters. The molecule has 0 saturated carbocycles. The first-order chi connectivity index (χ1) is 19.0. The molecule has 0 radical (unpaired) electrons. The molecule has 0 aliphatic heterocycles. The third-order valence-corrected chi connectivity index (χ3v) is 6.38. The molecule has 40 heavy (non-hydrogen) atoms. The zero-order chi connectivity index (χ0) is 29.3. The molecule has 3 amide bonds. The van der Waals surface area contributed by atoms with Crippen molar-refractivity contribution in [2.45, 2.75) is 71.6 Å². The molecule has 2 unspecified atom stereocenters. The summed E-state index contributed by atoms with van der Waals surface area (Å²) < 4.78 is 5.35. The number of ether oxygens (including phenoxy) is 1. The van der Waals surface area contributed by atoms with E-state index in [0.717, 1.165) is 23.6 Å². The van der Waals surface area contributed by atoms with Gasteiger partial charge in [0.05, 0.1) is 0 Å². The lowest BCUT2D eigenvalue weighted by atomic mass is 9.97. The van der Waals surface area contributed by atoms with Crippen molar-refractivity contribution >= 4 is 34.4 Å². The van der Waals surface area contributed by atoms with E-state index in [4.69, 9.17) is 11.2 Å². The van der Waals surface area contributed by atoms with Gasteiger partial charge in [0.25, 0.3) is 5.91 Å². The Bertz CT molecular complexity index is 1390. The third kappa shape index (κ3) is 8.09. The average molecular weight is 542 g/mol. The molecule has 210 valence electrons. The first-order valence-electron chi connectivity index (χ1n) is 13.7. The van der Waals surface area contributed by atoms with Gasteiger partial charge < -0.3 is 20.3 Å². The van der Waals surface area contributed by atoms with E-state index in [9.17, 15) is 14.4 Å². The second kappa shape index (κ2) is 13.7. The van der Waals surface area contributed by atoms with E-state index < -0.39 is 35.6 Å². The summed E-state index contributed by atoms with van der Waals surface area (Å²) in [5, 5.41) is 7.66. The molecule has 0 aromatic heterocycles. The van der Waals surface area contributed by atoms with Crippen molar-refractivity contribution < 1.29 is 19.1 Å². The number of carbonyl (C=O) groups excluding carboxylic acids is 3. The number of terminal acetylenes is 1. The highest BCUT2D eigenvalue weighted by molar-refractivity contribution is 6.00. The molecule has 3 rings (SSSR count). The van der Waals surface area contributed by atoms with Crippen LogP contribution in [0.4, 0.5) is 10.5 Å². The molecule has 7 nitrogen and oxygen atoms in total. The first kappa shape index (κ1) is 30.2. The summed E-state index contributed by atoms with van der Waals surface area (Å²) in [7, 11) is 0. The van der Waals surface area contributed by atoms with Crippen LogP contribution in [-0.4, -0.2) is 41.0 Å². The Balaban J connectivity index is 2.00. The summed E-state index contributed by atoms with van der Waals surface area (Å²) in [4.78, 5) is 41.9. The molecule has 0 bridgehead atoms. The van der Waals surface area contributed by atoms with Crippen molar-refractivity contribution in [1.29, 1.82) is 0 Å². The highest BCUT2D eigenvalue weighted by Gasteiger charge is 2.35. The van der Waals surface area contributed by atoms with E-state index in [1.54, 1.807) is 52.0 Å². The SMILES string of the molecule is C#Cc1ccccc1C(C(=O)Nc1ccc2ccccc2c1)N(CCCCC)C(=O)C(C)NC(=O)OC(C)(C)C. The van der Waals surface area contributed by atoms with Gasteiger partial charge >= 0.3 is 6.09 Å². The van der Waals surface area contributed by atoms with E-state index in [2.05, 4.69) is 23.5 Å². The average Bonchev–Trinajstić information content (AvgIpc) is 2.91. The quantitative estimate of drug-likeness (QED) is 0.229. The van der Waals surface area contributed by atoms with Gasteiger partial charge in [-0.25, -0.2) is 4.79 Å². The Hall–Kier alpha value is -4.31. The molecule has 7 heteroatoms. The van der Waals surface area contributed by atoms with Crippen molar-refractivity contribution in [3.05, 3.63) is 77.9 Å². The van der Waals surface area contributed by atoms with Crippen molar-refractivity contribution in [2.75, 3.05) is 11.9 Å². The number of anilines is 1. The maximum Gasteiger partial charge on any atom is 0.408 e. The summed E-state index contributed by atoms with van der Waals surface area (Å²) in [5.41, 5.74) is 0.939. The summed E-state index contributed by atoms with van der Waals surface area (Å²) in [6.07, 6.45) is 7.60. The van der Waals surface area contributed by atoms with Gasteiger partial charge in [0.1, 0.15) is 17.7 Å². The van der Waals surface area contributed by atoms with E-state index in [-0.39, 0.29) is 0 Å². The van der Waals surface area contributed by atoms with Crippen LogP contribution in [0.15, 0.2) is 66.7 Å². The second-order valence-electron chi connectivity index (χ2n) is 10.8. The van der Waals surface area contributed by atoms with Gasteiger partial charge in [-0.1, -0.05) is 74.2 Å². The zero-order valence-corrected chi connectivity index (χ0v) is 24.0. The smallest absolute Gasteiger partial charge is 0.408 e. The van der Waals surface area contributed by atoms with Crippen molar-refractivity contribution in [2.24, 2.45) is 0 Å². The standard InChI is InChI=1S/C33H39N3O4/c1-7-9-14-21-36(31(38)23(3)34-32(39)40-33(4,5)6)29(28-18-13-12-15-24(28)8-2)30(37)35-27-20-19-25-16-10-11-17-26(25)22-27/h2,10-13,15-20,22-23,29H,7,9,14,21H2,1,3-6H3,(H,34,39)(H,35,37). The zero-order valence-electron chi connectivity index (χ0n) is 24.0. The molecule has 3 aromatic rings. The van der Waals surface area contributed by atoms with E-state index in [1.807, 2.05) is 42.5 Å². The molecular weight excluding hydrogens is 502 g/mol. The fourth-order valence-corrected chi connectivity index (χ4v) is 4.49. The molecule has 0 fully saturated rings. The molecular formula is C33H39N3O4. The van der Waals surface area contributed by atoms with Crippen LogP contribution in [0.2, 0.25) is 0 Å². The minimum absolute atomic E-state index is 0.307. The predicted octanol–water partition coefficient (Wildman–Crippen LogP) is 6.43. The number of hydrogen-bond acceptors (Lipinski definition) is 4. The lowest BCUT2D eigenvalue weighted by molar-refractivity contribution is -0.140. The van der Waals surface area contributed by atoms with Crippen LogP contribution in [0.3, 0.4) is 0 Å². The first-order valence-corrected chi connectivity index (χ1v) is 13.7. The van der Waals surface area contributed by atoms with Gasteiger partial charge in [-0.3, -0.25) is 9.59 Å². The fraction of sp³-hybridized carbons (Fsp3) is 0.364. The number of amides is 3. The highest BCUT2D eigenvalue weighted by atomic mass is 16.6. The van der Waals surface area contributed by atoms with E-state index in [0.29, 0.717) is 29.8 Å². The number of nitrogens with zero attached hydrogens (tertiary/aromatic N) is 1. The number of unbranched alkanes of at least 4 members (excludes halogenated alkanes) is 2. The van der Waals surface area contributed by atoms with Gasteiger partial charge in [0.15, 0.2) is 0 Å². The normalized spacial score (nSPS) is 12.6. The van der Waals surface area contributed by atoms with Crippen LogP contribution in [0.25, 0.3) is 10.8 Å². The molecule has 3 aromatic carbocycles. The lowest BCUT2D eigenvalue weighted by Gasteiger charge is -2.34. The number of fused-ring (bicyclic) bond motifs is 1. The minimum atomic E-state index is -1.02.